The average molecular weight is 733 g/mol. The predicted molar refractivity (Wildman–Crippen MR) is 240 cm³/mol. The van der Waals surface area contributed by atoms with E-state index in [0.717, 1.165) is 11.4 Å². The van der Waals surface area contributed by atoms with Gasteiger partial charge in [-0.25, -0.2) is 0 Å². The van der Waals surface area contributed by atoms with E-state index in [4.69, 9.17) is 0 Å². The summed E-state index contributed by atoms with van der Waals surface area (Å²) >= 11 is 1.88. The Morgan fingerprint density at radius 1 is 0.393 bits per heavy atom. The molecule has 0 saturated carbocycles. The molecule has 264 valence electrons. The molecule has 10 aromatic rings. The lowest BCUT2D eigenvalue weighted by Gasteiger charge is -2.30. The summed E-state index contributed by atoms with van der Waals surface area (Å²) in [7, 11) is 0. The van der Waals surface area contributed by atoms with Crippen LogP contribution in [0.15, 0.2) is 182 Å². The van der Waals surface area contributed by atoms with Crippen molar-refractivity contribution in [2.45, 2.75) is 19.3 Å². The van der Waals surface area contributed by atoms with Gasteiger partial charge in [0.2, 0.25) is 0 Å². The van der Waals surface area contributed by atoms with Crippen LogP contribution < -0.4 is 9.80 Å². The Morgan fingerprint density at radius 3 is 1.52 bits per heavy atom. The summed E-state index contributed by atoms with van der Waals surface area (Å²) in [5, 5.41) is 7.45. The van der Waals surface area contributed by atoms with Gasteiger partial charge in [-0.15, -0.1) is 11.3 Å². The van der Waals surface area contributed by atoms with Crippen molar-refractivity contribution in [3.8, 4) is 22.3 Å². The molecule has 0 unspecified atom stereocenters. The highest BCUT2D eigenvalue weighted by Gasteiger charge is 2.35. The summed E-state index contributed by atoms with van der Waals surface area (Å²) < 4.78 is 2.56. The zero-order valence-electron chi connectivity index (χ0n) is 31.1. The van der Waals surface area contributed by atoms with Crippen LogP contribution in [0, 0.1) is 0 Å². The van der Waals surface area contributed by atoms with Crippen molar-refractivity contribution in [1.82, 2.24) is 0 Å². The molecule has 12 rings (SSSR count). The van der Waals surface area contributed by atoms with Crippen molar-refractivity contribution < 1.29 is 0 Å². The number of hydrogen-bond acceptors (Lipinski definition) is 3. The first-order valence-electron chi connectivity index (χ1n) is 19.4. The van der Waals surface area contributed by atoms with Crippen LogP contribution in [-0.2, 0) is 5.41 Å². The van der Waals surface area contributed by atoms with Gasteiger partial charge in [0.1, 0.15) is 0 Å². The molecule has 2 heterocycles. The first kappa shape index (κ1) is 31.6. The summed E-state index contributed by atoms with van der Waals surface area (Å²) in [6.07, 6.45) is 0. The molecule has 2 bridgehead atoms. The fraction of sp³-hybridized carbons (Fsp3) is 0.0566. The van der Waals surface area contributed by atoms with Gasteiger partial charge in [0.15, 0.2) is 0 Å². The van der Waals surface area contributed by atoms with Gasteiger partial charge in [-0.3, -0.25) is 0 Å². The fourth-order valence-corrected chi connectivity index (χ4v) is 10.9. The lowest BCUT2D eigenvalue weighted by atomic mass is 9.81. The van der Waals surface area contributed by atoms with Gasteiger partial charge < -0.3 is 9.80 Å². The molecule has 0 saturated heterocycles. The maximum Gasteiger partial charge on any atom is 0.0555 e. The van der Waals surface area contributed by atoms with Gasteiger partial charge in [-0.1, -0.05) is 135 Å². The molecule has 1 aromatic heterocycles. The molecule has 0 N–H and O–H groups in total. The van der Waals surface area contributed by atoms with Crippen LogP contribution >= 0.6 is 11.3 Å². The molecule has 0 spiro atoms. The summed E-state index contributed by atoms with van der Waals surface area (Å²) in [4.78, 5) is 5.06. The van der Waals surface area contributed by atoms with Crippen molar-refractivity contribution in [3.63, 3.8) is 0 Å². The summed E-state index contributed by atoms with van der Waals surface area (Å²) in [5.41, 5.74) is 14.7. The zero-order chi connectivity index (χ0) is 37.1. The highest BCUT2D eigenvalue weighted by Crippen LogP contribution is 2.55. The van der Waals surface area contributed by atoms with Crippen LogP contribution in [0.4, 0.5) is 34.1 Å². The highest BCUT2D eigenvalue weighted by molar-refractivity contribution is 7.26. The van der Waals surface area contributed by atoms with E-state index in [0.29, 0.717) is 0 Å². The van der Waals surface area contributed by atoms with Crippen molar-refractivity contribution >= 4 is 87.2 Å². The van der Waals surface area contributed by atoms with E-state index < -0.39 is 0 Å². The SMILES string of the molecule is CC1(C)c2ccccc2-c2ccc(-c3cc4cc(c3)N(c3cccc5ccccc35)c3cccc5sc6cccc(c6c35)N4c3cccc4ccccc34)cc21. The molecule has 0 fully saturated rings. The largest absolute Gasteiger partial charge is 0.309 e. The third-order valence-corrected chi connectivity index (χ3v) is 13.4. The molecule has 0 radical (unpaired) electrons. The third-order valence-electron chi connectivity index (χ3n) is 12.3. The lowest BCUT2D eigenvalue weighted by molar-refractivity contribution is 0.660. The van der Waals surface area contributed by atoms with E-state index in [1.54, 1.807) is 0 Å². The molecule has 2 aliphatic rings. The van der Waals surface area contributed by atoms with Crippen molar-refractivity contribution in [3.05, 3.63) is 193 Å². The number of hydrogen-bond donors (Lipinski definition) is 0. The number of anilines is 6. The number of nitrogens with zero attached hydrogens (tertiary/aromatic N) is 2. The molecule has 9 aromatic carbocycles. The minimum atomic E-state index is -0.103. The Labute approximate surface area is 330 Å². The van der Waals surface area contributed by atoms with Gasteiger partial charge >= 0.3 is 0 Å². The molecule has 2 nitrogen and oxygen atoms in total. The smallest absolute Gasteiger partial charge is 0.0555 e. The molecule has 0 amide bonds. The van der Waals surface area contributed by atoms with Crippen molar-refractivity contribution in [2.24, 2.45) is 0 Å². The monoisotopic (exact) mass is 732 g/mol. The van der Waals surface area contributed by atoms with Crippen LogP contribution in [0.5, 0.6) is 0 Å². The molecule has 1 aliphatic heterocycles. The number of thiophene rings is 1. The molecular weight excluding hydrogens is 697 g/mol. The summed E-state index contributed by atoms with van der Waals surface area (Å²) in [6.45, 7) is 4.74. The van der Waals surface area contributed by atoms with Crippen LogP contribution in [0.25, 0.3) is 64.0 Å². The Hall–Kier alpha value is -6.68. The fourth-order valence-electron chi connectivity index (χ4n) is 9.73. The molecule has 3 heteroatoms. The summed E-state index contributed by atoms with van der Waals surface area (Å²) in [5.74, 6) is 0. The predicted octanol–water partition coefficient (Wildman–Crippen LogP) is 15.6. The minimum absolute atomic E-state index is 0.103. The molecule has 0 atom stereocenters. The number of rotatable bonds is 3. The van der Waals surface area contributed by atoms with E-state index in [1.165, 1.54) is 97.8 Å². The third kappa shape index (κ3) is 4.43. The van der Waals surface area contributed by atoms with Crippen molar-refractivity contribution in [1.29, 1.82) is 0 Å². The Bertz CT molecular complexity index is 3090. The first-order chi connectivity index (χ1) is 27.5. The Kier molecular flexibility index (Phi) is 6.59. The van der Waals surface area contributed by atoms with Gasteiger partial charge in [-0.05, 0) is 105 Å². The van der Waals surface area contributed by atoms with E-state index in [1.807, 2.05) is 11.3 Å². The van der Waals surface area contributed by atoms with E-state index in [9.17, 15) is 0 Å². The quantitative estimate of drug-likeness (QED) is 0.178. The van der Waals surface area contributed by atoms with Crippen LogP contribution in [0.2, 0.25) is 0 Å². The van der Waals surface area contributed by atoms with Crippen LogP contribution in [0.3, 0.4) is 0 Å². The van der Waals surface area contributed by atoms with Gasteiger partial charge in [0.25, 0.3) is 0 Å². The van der Waals surface area contributed by atoms with Gasteiger partial charge in [0, 0.05) is 47.7 Å². The lowest BCUT2D eigenvalue weighted by Crippen LogP contribution is -2.15. The van der Waals surface area contributed by atoms with Crippen molar-refractivity contribution in [2.75, 3.05) is 9.80 Å². The Morgan fingerprint density at radius 2 is 0.893 bits per heavy atom. The van der Waals surface area contributed by atoms with E-state index >= 15 is 0 Å². The first-order valence-corrected chi connectivity index (χ1v) is 20.2. The maximum atomic E-state index is 2.53. The van der Waals surface area contributed by atoms with Crippen LogP contribution in [0.1, 0.15) is 25.0 Å². The molecule has 56 heavy (non-hydrogen) atoms. The highest BCUT2D eigenvalue weighted by atomic mass is 32.1. The van der Waals surface area contributed by atoms with Gasteiger partial charge in [-0.2, -0.15) is 0 Å². The second-order valence-corrected chi connectivity index (χ2v) is 16.8. The normalized spacial score (nSPS) is 14.0. The topological polar surface area (TPSA) is 6.48 Å². The zero-order valence-corrected chi connectivity index (χ0v) is 31.9. The van der Waals surface area contributed by atoms with Gasteiger partial charge in [0.05, 0.1) is 22.7 Å². The van der Waals surface area contributed by atoms with E-state index in [2.05, 4.69) is 206 Å². The second kappa shape index (κ2) is 11.7. The maximum absolute atomic E-state index is 2.53. The standard InChI is InChI=1S/C53H36N2S/c1-53(2)43-20-8-7-19-41(43)42-28-27-35(31-44(42)53)36-29-37-32-38(30-36)55(46-22-10-16-34-14-4-6-18-40(34)46)48-24-12-26-50-52(48)51-47(23-11-25-49(51)56-50)54(37)45-21-9-15-33-13-3-5-17-39(33)45/h3-32H,1-2H3. The van der Waals surface area contributed by atoms with E-state index in [-0.39, 0.29) is 5.41 Å². The molecular formula is C53H36N2S. The van der Waals surface area contributed by atoms with Crippen LogP contribution in [-0.4, -0.2) is 0 Å². The number of fused-ring (bicyclic) bond motifs is 7. The number of benzene rings is 9. The second-order valence-electron chi connectivity index (χ2n) is 15.7. The molecule has 1 aliphatic carbocycles. The minimum Gasteiger partial charge on any atom is -0.309 e. The Balaban J connectivity index is 1.22. The average Bonchev–Trinajstić information content (AvgIpc) is 3.74. The summed E-state index contributed by atoms with van der Waals surface area (Å²) in [6, 6.07) is 68.0.